The van der Waals surface area contributed by atoms with Crippen LogP contribution in [-0.2, 0) is 10.0 Å². The second-order valence-corrected chi connectivity index (χ2v) is 7.64. The smallest absolute Gasteiger partial charge is 0.214 e. The van der Waals surface area contributed by atoms with Crippen LogP contribution < -0.4 is 5.32 Å². The Labute approximate surface area is 98.4 Å². The van der Waals surface area contributed by atoms with E-state index in [1.807, 2.05) is 0 Å². The molecule has 0 aromatic rings. The van der Waals surface area contributed by atoms with E-state index in [0.29, 0.717) is 12.6 Å². The molecule has 0 saturated heterocycles. The van der Waals surface area contributed by atoms with Crippen molar-refractivity contribution in [2.45, 2.75) is 31.7 Å². The number of fused-ring (bicyclic) bond motifs is 2. The molecule has 2 aliphatic rings. The van der Waals surface area contributed by atoms with E-state index in [1.54, 1.807) is 14.1 Å². The van der Waals surface area contributed by atoms with E-state index in [0.717, 1.165) is 11.8 Å². The van der Waals surface area contributed by atoms with Crippen LogP contribution in [0, 0.1) is 11.8 Å². The van der Waals surface area contributed by atoms with Crippen molar-refractivity contribution < 1.29 is 8.42 Å². The summed E-state index contributed by atoms with van der Waals surface area (Å²) in [6, 6.07) is 0.580. The summed E-state index contributed by atoms with van der Waals surface area (Å²) in [5, 5.41) is 3.42. The Morgan fingerprint density at radius 3 is 2.50 bits per heavy atom. The van der Waals surface area contributed by atoms with E-state index >= 15 is 0 Å². The van der Waals surface area contributed by atoms with Crippen molar-refractivity contribution in [1.29, 1.82) is 0 Å². The number of nitrogens with zero attached hydrogens (tertiary/aromatic N) is 1. The lowest BCUT2D eigenvalue weighted by atomic mass is 9.95. The van der Waals surface area contributed by atoms with Crippen LogP contribution in [0.15, 0.2) is 0 Å². The lowest BCUT2D eigenvalue weighted by Crippen LogP contribution is -2.38. The van der Waals surface area contributed by atoms with Gasteiger partial charge in [0.1, 0.15) is 0 Å². The van der Waals surface area contributed by atoms with Gasteiger partial charge in [0.05, 0.1) is 5.75 Å². The van der Waals surface area contributed by atoms with Crippen molar-refractivity contribution in [3.63, 3.8) is 0 Å². The van der Waals surface area contributed by atoms with E-state index in [-0.39, 0.29) is 5.75 Å². The largest absolute Gasteiger partial charge is 0.313 e. The summed E-state index contributed by atoms with van der Waals surface area (Å²) in [7, 11) is 0.148. The first-order valence-electron chi connectivity index (χ1n) is 6.12. The van der Waals surface area contributed by atoms with Crippen LogP contribution in [0.4, 0.5) is 0 Å². The van der Waals surface area contributed by atoms with Crippen molar-refractivity contribution in [1.82, 2.24) is 9.62 Å². The summed E-state index contributed by atoms with van der Waals surface area (Å²) < 4.78 is 24.4. The van der Waals surface area contributed by atoms with Gasteiger partial charge in [-0.25, -0.2) is 12.7 Å². The van der Waals surface area contributed by atoms with Crippen molar-refractivity contribution in [3.05, 3.63) is 0 Å². The van der Waals surface area contributed by atoms with Crippen LogP contribution in [0.5, 0.6) is 0 Å². The van der Waals surface area contributed by atoms with Gasteiger partial charge >= 0.3 is 0 Å². The van der Waals surface area contributed by atoms with E-state index in [2.05, 4.69) is 5.32 Å². The Kier molecular flexibility index (Phi) is 3.56. The summed E-state index contributed by atoms with van der Waals surface area (Å²) >= 11 is 0. The number of nitrogens with one attached hydrogen (secondary N) is 1. The van der Waals surface area contributed by atoms with Gasteiger partial charge in [-0.15, -0.1) is 0 Å². The predicted molar refractivity (Wildman–Crippen MR) is 64.7 cm³/mol. The first-order chi connectivity index (χ1) is 7.49. The van der Waals surface area contributed by atoms with Gasteiger partial charge in [-0.2, -0.15) is 0 Å². The molecule has 4 nitrogen and oxygen atoms in total. The fourth-order valence-corrected chi connectivity index (χ4v) is 3.79. The molecule has 0 amide bonds. The fraction of sp³-hybridized carbons (Fsp3) is 1.00. The van der Waals surface area contributed by atoms with Gasteiger partial charge in [0.15, 0.2) is 0 Å². The Morgan fingerprint density at radius 2 is 2.00 bits per heavy atom. The number of hydrogen-bond acceptors (Lipinski definition) is 3. The van der Waals surface area contributed by atoms with Crippen LogP contribution in [0.25, 0.3) is 0 Å². The molecule has 3 atom stereocenters. The van der Waals surface area contributed by atoms with Crippen LogP contribution in [0.1, 0.15) is 25.7 Å². The molecule has 1 N–H and O–H groups in total. The molecule has 2 rings (SSSR count). The van der Waals surface area contributed by atoms with E-state index in [1.165, 1.54) is 30.0 Å². The van der Waals surface area contributed by atoms with E-state index < -0.39 is 10.0 Å². The highest BCUT2D eigenvalue weighted by atomic mass is 32.2. The molecular weight excluding hydrogens is 224 g/mol. The molecule has 5 heteroatoms. The standard InChI is InChI=1S/C11H22N2O2S/c1-13(2)16(14,15)6-5-12-11-8-9-3-4-10(11)7-9/h9-12H,3-8H2,1-2H3. The van der Waals surface area contributed by atoms with Crippen molar-refractivity contribution in [2.24, 2.45) is 11.8 Å². The van der Waals surface area contributed by atoms with E-state index in [4.69, 9.17) is 0 Å². The summed E-state index contributed by atoms with van der Waals surface area (Å²) in [5.74, 6) is 1.94. The average Bonchev–Trinajstić information content (AvgIpc) is 2.78. The molecule has 94 valence electrons. The highest BCUT2D eigenvalue weighted by Crippen LogP contribution is 2.44. The molecular formula is C11H22N2O2S. The molecule has 0 aromatic heterocycles. The topological polar surface area (TPSA) is 49.4 Å². The lowest BCUT2D eigenvalue weighted by Gasteiger charge is -2.23. The van der Waals surface area contributed by atoms with Gasteiger partial charge in [0.2, 0.25) is 10.0 Å². The molecule has 0 heterocycles. The maximum atomic E-state index is 11.5. The van der Waals surface area contributed by atoms with Crippen LogP contribution >= 0.6 is 0 Å². The third-order valence-electron chi connectivity index (χ3n) is 4.06. The predicted octanol–water partition coefficient (Wildman–Crippen LogP) is 0.656. The second kappa shape index (κ2) is 4.63. The summed E-state index contributed by atoms with van der Waals surface area (Å²) in [5.41, 5.74) is 0. The molecule has 0 radical (unpaired) electrons. The molecule has 2 aliphatic carbocycles. The molecule has 3 unspecified atom stereocenters. The lowest BCUT2D eigenvalue weighted by molar-refractivity contribution is 0.357. The summed E-state index contributed by atoms with van der Waals surface area (Å²) in [6.07, 6.45) is 5.34. The Morgan fingerprint density at radius 1 is 1.25 bits per heavy atom. The Hall–Kier alpha value is -0.130. The zero-order valence-electron chi connectivity index (χ0n) is 10.1. The van der Waals surface area contributed by atoms with Gasteiger partial charge in [0, 0.05) is 26.7 Å². The summed E-state index contributed by atoms with van der Waals surface area (Å²) in [6.45, 7) is 0.592. The van der Waals surface area contributed by atoms with Gasteiger partial charge in [-0.05, 0) is 31.1 Å². The first kappa shape index (κ1) is 12.3. The maximum Gasteiger partial charge on any atom is 0.214 e. The van der Waals surface area contributed by atoms with Gasteiger partial charge in [-0.3, -0.25) is 0 Å². The molecule has 0 spiro atoms. The Bertz CT molecular complexity index is 340. The molecule has 2 saturated carbocycles. The third kappa shape index (κ3) is 2.57. The quantitative estimate of drug-likeness (QED) is 0.775. The summed E-state index contributed by atoms with van der Waals surface area (Å²) in [4.78, 5) is 0. The van der Waals surface area contributed by atoms with Crippen LogP contribution in [-0.4, -0.2) is 45.2 Å². The monoisotopic (exact) mass is 246 g/mol. The number of hydrogen-bond donors (Lipinski definition) is 1. The minimum Gasteiger partial charge on any atom is -0.313 e. The maximum absolute atomic E-state index is 11.5. The highest BCUT2D eigenvalue weighted by molar-refractivity contribution is 7.89. The van der Waals surface area contributed by atoms with Crippen molar-refractivity contribution in [2.75, 3.05) is 26.4 Å². The fourth-order valence-electron chi connectivity index (χ4n) is 3.05. The highest BCUT2D eigenvalue weighted by Gasteiger charge is 2.39. The zero-order chi connectivity index (χ0) is 11.8. The third-order valence-corrected chi connectivity index (χ3v) is 5.89. The van der Waals surface area contributed by atoms with Gasteiger partial charge in [-0.1, -0.05) is 6.42 Å². The molecule has 2 fully saturated rings. The minimum atomic E-state index is -3.03. The molecule has 2 bridgehead atoms. The van der Waals surface area contributed by atoms with Crippen LogP contribution in [0.2, 0.25) is 0 Å². The number of rotatable bonds is 5. The van der Waals surface area contributed by atoms with Gasteiger partial charge < -0.3 is 5.32 Å². The normalized spacial score (nSPS) is 33.8. The number of sulfonamides is 1. The molecule has 0 aliphatic heterocycles. The first-order valence-corrected chi connectivity index (χ1v) is 7.73. The zero-order valence-corrected chi connectivity index (χ0v) is 11.0. The van der Waals surface area contributed by atoms with E-state index in [9.17, 15) is 8.42 Å². The minimum absolute atomic E-state index is 0.216. The Balaban J connectivity index is 1.73. The SMILES string of the molecule is CN(C)S(=O)(=O)CCNC1CC2CCC1C2. The second-order valence-electron chi connectivity index (χ2n) is 5.33. The van der Waals surface area contributed by atoms with Crippen molar-refractivity contribution in [3.8, 4) is 0 Å². The van der Waals surface area contributed by atoms with Crippen molar-refractivity contribution >= 4 is 10.0 Å². The average molecular weight is 246 g/mol. The molecule has 16 heavy (non-hydrogen) atoms. The van der Waals surface area contributed by atoms with Crippen LogP contribution in [0.3, 0.4) is 0 Å². The van der Waals surface area contributed by atoms with Gasteiger partial charge in [0.25, 0.3) is 0 Å². The molecule has 0 aromatic carbocycles.